The smallest absolute Gasteiger partial charge is 0.248 e. The third-order valence-electron chi connectivity index (χ3n) is 4.00. The Morgan fingerprint density at radius 2 is 1.80 bits per heavy atom. The fraction of sp³-hybridized carbons (Fsp3) is 0.0500. The van der Waals surface area contributed by atoms with Crippen molar-refractivity contribution in [3.8, 4) is 6.07 Å². The maximum atomic E-state index is 12.7. The van der Waals surface area contributed by atoms with Crippen molar-refractivity contribution in [1.29, 1.82) is 5.26 Å². The first-order chi connectivity index (χ1) is 12.3. The molecule has 0 fully saturated rings. The number of nitriles is 1. The fourth-order valence-electron chi connectivity index (χ4n) is 2.78. The van der Waals surface area contributed by atoms with Gasteiger partial charge in [-0.1, -0.05) is 48.5 Å². The molecule has 0 saturated carbocycles. The minimum Gasteiger partial charge on any atom is -0.324 e. The van der Waals surface area contributed by atoms with Crippen LogP contribution in [0, 0.1) is 11.3 Å². The molecule has 120 valence electrons. The van der Waals surface area contributed by atoms with Gasteiger partial charge in [0.15, 0.2) is 5.92 Å². The van der Waals surface area contributed by atoms with Gasteiger partial charge in [0.1, 0.15) is 5.01 Å². The van der Waals surface area contributed by atoms with Crippen molar-refractivity contribution in [2.24, 2.45) is 0 Å². The third-order valence-corrected chi connectivity index (χ3v) is 5.10. The van der Waals surface area contributed by atoms with Gasteiger partial charge in [0.2, 0.25) is 5.91 Å². The summed E-state index contributed by atoms with van der Waals surface area (Å²) in [6.45, 7) is 0. The number of nitrogens with one attached hydrogen (secondary N) is 1. The minimum atomic E-state index is -0.934. The lowest BCUT2D eigenvalue weighted by Crippen LogP contribution is -2.20. The minimum absolute atomic E-state index is 0.363. The van der Waals surface area contributed by atoms with Gasteiger partial charge in [-0.15, -0.1) is 11.3 Å². The summed E-state index contributed by atoms with van der Waals surface area (Å²) in [5, 5.41) is 14.9. The number of carbonyl (C=O) groups is 1. The number of anilines is 1. The molecule has 0 aliphatic rings. The zero-order valence-corrected chi connectivity index (χ0v) is 14.0. The molecule has 5 heteroatoms. The molecule has 4 rings (SSSR count). The first-order valence-electron chi connectivity index (χ1n) is 7.80. The molecule has 1 amide bonds. The number of rotatable bonds is 3. The Balaban J connectivity index is 1.67. The lowest BCUT2D eigenvalue weighted by molar-refractivity contribution is -0.116. The molecule has 4 nitrogen and oxygen atoms in total. The van der Waals surface area contributed by atoms with E-state index in [-0.39, 0.29) is 5.91 Å². The Morgan fingerprint density at radius 3 is 2.64 bits per heavy atom. The Kier molecular flexibility index (Phi) is 3.88. The van der Waals surface area contributed by atoms with E-state index in [1.807, 2.05) is 66.7 Å². The lowest BCUT2D eigenvalue weighted by Gasteiger charge is -2.10. The summed E-state index contributed by atoms with van der Waals surface area (Å²) in [4.78, 5) is 17.1. The van der Waals surface area contributed by atoms with Crippen molar-refractivity contribution in [3.63, 3.8) is 0 Å². The van der Waals surface area contributed by atoms with E-state index in [9.17, 15) is 10.1 Å². The van der Waals surface area contributed by atoms with Crippen molar-refractivity contribution in [1.82, 2.24) is 4.98 Å². The quantitative estimate of drug-likeness (QED) is 0.586. The molecule has 1 N–H and O–H groups in total. The average Bonchev–Trinajstić information content (AvgIpc) is 3.06. The van der Waals surface area contributed by atoms with Crippen LogP contribution in [0.5, 0.6) is 0 Å². The first kappa shape index (κ1) is 15.3. The van der Waals surface area contributed by atoms with Crippen LogP contribution in [0.15, 0.2) is 66.7 Å². The molecule has 25 heavy (non-hydrogen) atoms. The standard InChI is InChI=1S/C20H13N3OS/c21-12-15(20-23-17-9-3-4-11-18(17)25-20)19(24)22-16-10-5-7-13-6-1-2-8-14(13)16/h1-11,15H,(H,22,24). The van der Waals surface area contributed by atoms with Crippen LogP contribution in [0.3, 0.4) is 0 Å². The number of thiazole rings is 1. The van der Waals surface area contributed by atoms with Gasteiger partial charge in [0.25, 0.3) is 0 Å². The highest BCUT2D eigenvalue weighted by molar-refractivity contribution is 7.18. The number of fused-ring (bicyclic) bond motifs is 2. The van der Waals surface area contributed by atoms with E-state index in [2.05, 4.69) is 16.4 Å². The summed E-state index contributed by atoms with van der Waals surface area (Å²) in [5.41, 5.74) is 1.50. The maximum Gasteiger partial charge on any atom is 0.248 e. The zero-order chi connectivity index (χ0) is 17.2. The van der Waals surface area contributed by atoms with Crippen molar-refractivity contribution in [2.75, 3.05) is 5.32 Å². The van der Waals surface area contributed by atoms with Crippen molar-refractivity contribution >= 4 is 43.9 Å². The van der Waals surface area contributed by atoms with Crippen LogP contribution in [-0.4, -0.2) is 10.9 Å². The molecular weight excluding hydrogens is 330 g/mol. The van der Waals surface area contributed by atoms with E-state index in [0.717, 1.165) is 21.0 Å². The van der Waals surface area contributed by atoms with Gasteiger partial charge >= 0.3 is 0 Å². The molecule has 1 atom stereocenters. The van der Waals surface area contributed by atoms with Gasteiger partial charge in [0.05, 0.1) is 16.3 Å². The molecule has 1 unspecified atom stereocenters. The highest BCUT2D eigenvalue weighted by Gasteiger charge is 2.24. The molecule has 4 aromatic rings. The molecule has 0 aliphatic heterocycles. The predicted octanol–water partition coefficient (Wildman–Crippen LogP) is 4.70. The van der Waals surface area contributed by atoms with E-state index in [0.29, 0.717) is 10.7 Å². The Labute approximate surface area is 148 Å². The Bertz CT molecular complexity index is 1090. The number of nitrogens with zero attached hydrogens (tertiary/aromatic N) is 2. The molecule has 0 aliphatic carbocycles. The lowest BCUT2D eigenvalue weighted by atomic mass is 10.1. The Morgan fingerprint density at radius 1 is 1.04 bits per heavy atom. The molecule has 0 radical (unpaired) electrons. The van der Waals surface area contributed by atoms with Crippen molar-refractivity contribution in [2.45, 2.75) is 5.92 Å². The summed E-state index contributed by atoms with van der Waals surface area (Å²) in [6.07, 6.45) is 0. The number of amides is 1. The van der Waals surface area contributed by atoms with Gasteiger partial charge in [0, 0.05) is 11.1 Å². The first-order valence-corrected chi connectivity index (χ1v) is 8.61. The third kappa shape index (κ3) is 2.84. The SMILES string of the molecule is N#CC(C(=O)Nc1cccc2ccccc12)c1nc2ccccc2s1. The van der Waals surface area contributed by atoms with Gasteiger partial charge in [-0.25, -0.2) is 4.98 Å². The van der Waals surface area contributed by atoms with Gasteiger partial charge in [-0.3, -0.25) is 4.79 Å². The van der Waals surface area contributed by atoms with Gasteiger partial charge in [-0.2, -0.15) is 5.26 Å². The Hall–Kier alpha value is -3.23. The number of aromatic nitrogens is 1. The van der Waals surface area contributed by atoms with Gasteiger partial charge in [-0.05, 0) is 23.6 Å². The number of para-hydroxylation sites is 1. The van der Waals surface area contributed by atoms with Crippen LogP contribution in [0.1, 0.15) is 10.9 Å². The second-order valence-electron chi connectivity index (χ2n) is 5.60. The molecule has 1 aromatic heterocycles. The normalized spacial score (nSPS) is 12.0. The van der Waals surface area contributed by atoms with Crippen molar-refractivity contribution in [3.05, 3.63) is 71.7 Å². The molecule has 1 heterocycles. The molecule has 0 spiro atoms. The fourth-order valence-corrected chi connectivity index (χ4v) is 3.79. The average molecular weight is 343 g/mol. The molecular formula is C20H13N3OS. The van der Waals surface area contributed by atoms with E-state index < -0.39 is 5.92 Å². The monoisotopic (exact) mass is 343 g/mol. The molecule has 3 aromatic carbocycles. The second kappa shape index (κ2) is 6.34. The van der Waals surface area contributed by atoms with E-state index in [1.165, 1.54) is 11.3 Å². The summed E-state index contributed by atoms with van der Waals surface area (Å²) in [5.74, 6) is -1.30. The summed E-state index contributed by atoms with van der Waals surface area (Å²) in [6, 6.07) is 23.2. The second-order valence-corrected chi connectivity index (χ2v) is 6.66. The van der Waals surface area contributed by atoms with Crippen LogP contribution in [0.25, 0.3) is 21.0 Å². The van der Waals surface area contributed by atoms with Crippen LogP contribution >= 0.6 is 11.3 Å². The molecule has 0 bridgehead atoms. The van der Waals surface area contributed by atoms with E-state index in [1.54, 1.807) is 0 Å². The largest absolute Gasteiger partial charge is 0.324 e. The maximum absolute atomic E-state index is 12.7. The van der Waals surface area contributed by atoms with Crippen LogP contribution in [0.2, 0.25) is 0 Å². The van der Waals surface area contributed by atoms with Crippen LogP contribution < -0.4 is 5.32 Å². The number of hydrogen-bond acceptors (Lipinski definition) is 4. The van der Waals surface area contributed by atoms with E-state index >= 15 is 0 Å². The van der Waals surface area contributed by atoms with Crippen molar-refractivity contribution < 1.29 is 4.79 Å². The highest BCUT2D eigenvalue weighted by atomic mass is 32.1. The topological polar surface area (TPSA) is 65.8 Å². The highest BCUT2D eigenvalue weighted by Crippen LogP contribution is 2.29. The zero-order valence-electron chi connectivity index (χ0n) is 13.1. The van der Waals surface area contributed by atoms with Gasteiger partial charge < -0.3 is 5.32 Å². The summed E-state index contributed by atoms with van der Waals surface area (Å²) in [7, 11) is 0. The number of carbonyl (C=O) groups excluding carboxylic acids is 1. The van der Waals surface area contributed by atoms with Crippen LogP contribution in [0.4, 0.5) is 5.69 Å². The predicted molar refractivity (Wildman–Crippen MR) is 101 cm³/mol. The molecule has 0 saturated heterocycles. The van der Waals surface area contributed by atoms with Crippen LogP contribution in [-0.2, 0) is 4.79 Å². The number of benzene rings is 3. The van der Waals surface area contributed by atoms with E-state index in [4.69, 9.17) is 0 Å². The number of hydrogen-bond donors (Lipinski definition) is 1. The summed E-state index contributed by atoms with van der Waals surface area (Å²) < 4.78 is 0.968. The summed E-state index contributed by atoms with van der Waals surface area (Å²) >= 11 is 1.38.